The molecule has 2 fully saturated rings. The number of hydrogen-bond donors (Lipinski definition) is 2. The monoisotopic (exact) mass is 567 g/mol. The minimum absolute atomic E-state index is 0. The van der Waals surface area contributed by atoms with E-state index in [1.165, 1.54) is 6.07 Å². The van der Waals surface area contributed by atoms with Crippen molar-refractivity contribution in [2.45, 2.75) is 24.7 Å². The quantitative estimate of drug-likeness (QED) is 0.303. The molecule has 33 heavy (non-hydrogen) atoms. The minimum Gasteiger partial charge on any atom is -0.356 e. The molecule has 178 valence electrons. The highest BCUT2D eigenvalue weighted by atomic mass is 127. The summed E-state index contributed by atoms with van der Waals surface area (Å²) in [5.41, 5.74) is 0.994. The molecule has 0 bridgehead atoms. The fourth-order valence-corrected chi connectivity index (χ4v) is 4.07. The highest BCUT2D eigenvalue weighted by Gasteiger charge is 2.44. The van der Waals surface area contributed by atoms with Gasteiger partial charge in [-0.3, -0.25) is 9.79 Å². The fraction of sp³-hybridized carbons (Fsp3) is 0.478. The van der Waals surface area contributed by atoms with Crippen molar-refractivity contribution in [3.63, 3.8) is 0 Å². The third-order valence-corrected chi connectivity index (χ3v) is 6.21. The van der Waals surface area contributed by atoms with Crippen LogP contribution in [-0.2, 0) is 10.2 Å². The first-order valence-electron chi connectivity index (χ1n) is 11.1. The summed E-state index contributed by atoms with van der Waals surface area (Å²) in [6.45, 7) is 3.99. The van der Waals surface area contributed by atoms with Gasteiger partial charge in [0.25, 0.3) is 0 Å². The van der Waals surface area contributed by atoms with Crippen molar-refractivity contribution in [2.24, 2.45) is 4.99 Å². The van der Waals surface area contributed by atoms with Crippen LogP contribution in [0.2, 0.25) is 0 Å². The number of aliphatic imine (C=N–C) groups is 1. The van der Waals surface area contributed by atoms with Crippen molar-refractivity contribution in [3.8, 4) is 0 Å². The van der Waals surface area contributed by atoms with Gasteiger partial charge in [-0.25, -0.2) is 14.4 Å². The summed E-state index contributed by atoms with van der Waals surface area (Å²) in [5.74, 6) is 1.29. The number of piperazine rings is 1. The van der Waals surface area contributed by atoms with Crippen LogP contribution in [0.3, 0.4) is 0 Å². The molecule has 2 aliphatic rings. The van der Waals surface area contributed by atoms with E-state index in [0.29, 0.717) is 44.5 Å². The lowest BCUT2D eigenvalue weighted by Crippen LogP contribution is -2.50. The van der Waals surface area contributed by atoms with Gasteiger partial charge < -0.3 is 20.4 Å². The third kappa shape index (κ3) is 6.52. The summed E-state index contributed by atoms with van der Waals surface area (Å²) in [6, 6.07) is 8.63. The number of anilines is 1. The van der Waals surface area contributed by atoms with E-state index in [-0.39, 0.29) is 41.1 Å². The predicted octanol–water partition coefficient (Wildman–Crippen LogP) is 2.17. The molecule has 2 N–H and O–H groups in total. The Bertz CT molecular complexity index is 947. The maximum atomic E-state index is 13.6. The molecule has 1 amide bonds. The van der Waals surface area contributed by atoms with Gasteiger partial charge in [0.15, 0.2) is 5.96 Å². The normalized spacial score (nSPS) is 17.2. The van der Waals surface area contributed by atoms with Crippen molar-refractivity contribution in [3.05, 3.63) is 54.1 Å². The van der Waals surface area contributed by atoms with Gasteiger partial charge in [-0.05, 0) is 36.6 Å². The molecule has 1 aromatic heterocycles. The molecule has 1 aliphatic heterocycles. The second-order valence-corrected chi connectivity index (χ2v) is 8.31. The van der Waals surface area contributed by atoms with Crippen LogP contribution in [0.25, 0.3) is 0 Å². The summed E-state index contributed by atoms with van der Waals surface area (Å²) < 4.78 is 13.6. The zero-order valence-electron chi connectivity index (χ0n) is 18.8. The Kier molecular flexibility index (Phi) is 8.81. The number of nitrogens with one attached hydrogen (secondary N) is 2. The molecular formula is C23H31FIN7O. The molecular weight excluding hydrogens is 536 g/mol. The Balaban J connectivity index is 0.00000306. The number of rotatable bonds is 7. The number of guanidine groups is 1. The van der Waals surface area contributed by atoms with E-state index in [1.54, 1.807) is 37.6 Å². The van der Waals surface area contributed by atoms with Gasteiger partial charge in [0.05, 0.1) is 0 Å². The molecule has 1 saturated carbocycles. The van der Waals surface area contributed by atoms with Crippen molar-refractivity contribution in [2.75, 3.05) is 51.2 Å². The Morgan fingerprint density at radius 3 is 2.48 bits per heavy atom. The topological polar surface area (TPSA) is 85.8 Å². The van der Waals surface area contributed by atoms with E-state index in [9.17, 15) is 9.18 Å². The number of benzene rings is 1. The van der Waals surface area contributed by atoms with E-state index in [0.717, 1.165) is 31.5 Å². The lowest BCUT2D eigenvalue weighted by molar-refractivity contribution is -0.131. The zero-order chi connectivity index (χ0) is 22.4. The molecule has 0 spiro atoms. The van der Waals surface area contributed by atoms with Gasteiger partial charge in [0.2, 0.25) is 11.9 Å². The van der Waals surface area contributed by atoms with Crippen LogP contribution in [0.5, 0.6) is 0 Å². The van der Waals surface area contributed by atoms with Crippen LogP contribution in [0, 0.1) is 5.82 Å². The van der Waals surface area contributed by atoms with Crippen LogP contribution < -0.4 is 15.5 Å². The maximum absolute atomic E-state index is 13.6. The van der Waals surface area contributed by atoms with E-state index in [2.05, 4.69) is 30.5 Å². The summed E-state index contributed by atoms with van der Waals surface area (Å²) in [6.07, 6.45) is 5.92. The lowest BCUT2D eigenvalue weighted by Gasteiger charge is -2.34. The number of halogens is 2. The van der Waals surface area contributed by atoms with Crippen LogP contribution >= 0.6 is 24.0 Å². The molecule has 8 nitrogen and oxygen atoms in total. The van der Waals surface area contributed by atoms with Gasteiger partial charge in [-0.15, -0.1) is 24.0 Å². The molecule has 0 atom stereocenters. The molecule has 10 heteroatoms. The van der Waals surface area contributed by atoms with Gasteiger partial charge in [0, 0.05) is 70.5 Å². The van der Waals surface area contributed by atoms with E-state index in [4.69, 9.17) is 0 Å². The molecule has 1 aromatic carbocycles. The van der Waals surface area contributed by atoms with Gasteiger partial charge in [-0.1, -0.05) is 12.1 Å². The number of hydrogen-bond acceptors (Lipinski definition) is 5. The molecule has 0 radical (unpaired) electrons. The standard InChI is InChI=1S/C23H30FN7O.HI/c1-25-21(29-17-23(7-8-23)18-4-2-5-19(24)16-18)26-11-6-20(32)30-12-14-31(15-13-30)22-27-9-3-10-28-22;/h2-5,9-10,16H,6-8,11-15,17H2,1H3,(H2,25,26,29);1H. The van der Waals surface area contributed by atoms with Gasteiger partial charge >= 0.3 is 0 Å². The predicted molar refractivity (Wildman–Crippen MR) is 138 cm³/mol. The summed E-state index contributed by atoms with van der Waals surface area (Å²) in [4.78, 5) is 29.4. The van der Waals surface area contributed by atoms with Crippen LogP contribution in [0.15, 0.2) is 47.7 Å². The van der Waals surface area contributed by atoms with Crippen molar-refractivity contribution in [1.29, 1.82) is 0 Å². The summed E-state index contributed by atoms with van der Waals surface area (Å²) in [7, 11) is 1.71. The first-order chi connectivity index (χ1) is 15.6. The molecule has 0 unspecified atom stereocenters. The van der Waals surface area contributed by atoms with Gasteiger partial charge in [-0.2, -0.15) is 0 Å². The van der Waals surface area contributed by atoms with Crippen LogP contribution in [0.4, 0.5) is 10.3 Å². The van der Waals surface area contributed by atoms with Crippen molar-refractivity contribution >= 4 is 41.8 Å². The highest BCUT2D eigenvalue weighted by molar-refractivity contribution is 14.0. The van der Waals surface area contributed by atoms with Crippen molar-refractivity contribution in [1.82, 2.24) is 25.5 Å². The Labute approximate surface area is 211 Å². The zero-order valence-corrected chi connectivity index (χ0v) is 21.2. The Morgan fingerprint density at radius 1 is 1.12 bits per heavy atom. The number of aromatic nitrogens is 2. The first-order valence-corrected chi connectivity index (χ1v) is 11.1. The second kappa shape index (κ2) is 11.6. The first kappa shape index (κ1) is 25.1. The molecule has 2 heterocycles. The minimum atomic E-state index is -0.202. The average Bonchev–Trinajstić information content (AvgIpc) is 3.63. The SMILES string of the molecule is CN=C(NCCC(=O)N1CCN(c2ncccn2)CC1)NCC1(c2cccc(F)c2)CC1.I. The van der Waals surface area contributed by atoms with Gasteiger partial charge in [0.1, 0.15) is 5.82 Å². The number of carbonyl (C=O) groups is 1. The van der Waals surface area contributed by atoms with E-state index in [1.807, 2.05) is 11.0 Å². The number of carbonyl (C=O) groups excluding carboxylic acids is 1. The molecule has 4 rings (SSSR count). The Hall–Kier alpha value is -2.50. The largest absolute Gasteiger partial charge is 0.356 e. The summed E-state index contributed by atoms with van der Waals surface area (Å²) in [5, 5.41) is 6.56. The van der Waals surface area contributed by atoms with E-state index >= 15 is 0 Å². The number of nitrogens with zero attached hydrogens (tertiary/aromatic N) is 5. The molecule has 2 aromatic rings. The fourth-order valence-electron chi connectivity index (χ4n) is 4.07. The third-order valence-electron chi connectivity index (χ3n) is 6.21. The molecule has 1 saturated heterocycles. The van der Waals surface area contributed by atoms with Crippen LogP contribution in [-0.4, -0.2) is 73.1 Å². The highest BCUT2D eigenvalue weighted by Crippen LogP contribution is 2.47. The molecule has 1 aliphatic carbocycles. The average molecular weight is 567 g/mol. The smallest absolute Gasteiger partial charge is 0.225 e. The van der Waals surface area contributed by atoms with E-state index < -0.39 is 0 Å². The Morgan fingerprint density at radius 2 is 1.85 bits per heavy atom. The maximum Gasteiger partial charge on any atom is 0.225 e. The lowest BCUT2D eigenvalue weighted by atomic mass is 9.96. The number of amides is 1. The second-order valence-electron chi connectivity index (χ2n) is 8.31. The van der Waals surface area contributed by atoms with Crippen LogP contribution in [0.1, 0.15) is 24.8 Å². The summed E-state index contributed by atoms with van der Waals surface area (Å²) >= 11 is 0. The van der Waals surface area contributed by atoms with Crippen molar-refractivity contribution < 1.29 is 9.18 Å².